The van der Waals surface area contributed by atoms with Crippen LogP contribution in [0.15, 0.2) is 12.1 Å². The molecule has 2 atom stereocenters. The fourth-order valence-electron chi connectivity index (χ4n) is 3.14. The fraction of sp³-hybridized carbons (Fsp3) is 0.571. The Bertz CT molecular complexity index is 488. The van der Waals surface area contributed by atoms with E-state index in [1.807, 2.05) is 0 Å². The first-order valence-corrected chi connectivity index (χ1v) is 6.72. The van der Waals surface area contributed by atoms with E-state index in [-0.39, 0.29) is 17.5 Å². The standard InChI is InChI=1S/C14H17F3N2/c15-11-6-13(17)12(16)5-10(11)14-8(7-18)3-4-19(14)9-1-2-9/h5-6,8-9,14H,1-4,7,18H2. The van der Waals surface area contributed by atoms with E-state index in [4.69, 9.17) is 5.73 Å². The van der Waals surface area contributed by atoms with E-state index in [1.54, 1.807) is 0 Å². The van der Waals surface area contributed by atoms with Crippen LogP contribution in [0, 0.1) is 23.4 Å². The zero-order valence-electron chi connectivity index (χ0n) is 10.6. The third-order valence-electron chi connectivity index (χ3n) is 4.24. The van der Waals surface area contributed by atoms with Crippen molar-refractivity contribution in [3.8, 4) is 0 Å². The fourth-order valence-corrected chi connectivity index (χ4v) is 3.14. The Labute approximate surface area is 110 Å². The summed E-state index contributed by atoms with van der Waals surface area (Å²) in [6.45, 7) is 1.29. The van der Waals surface area contributed by atoms with Gasteiger partial charge in [0.15, 0.2) is 11.6 Å². The molecule has 0 aromatic heterocycles. The summed E-state index contributed by atoms with van der Waals surface area (Å²) in [5.74, 6) is -2.69. The smallest absolute Gasteiger partial charge is 0.161 e. The molecule has 5 heteroatoms. The summed E-state index contributed by atoms with van der Waals surface area (Å²) in [6, 6.07) is 1.88. The molecule has 0 radical (unpaired) electrons. The van der Waals surface area contributed by atoms with Crippen molar-refractivity contribution in [3.05, 3.63) is 35.1 Å². The zero-order chi connectivity index (χ0) is 13.6. The van der Waals surface area contributed by atoms with Gasteiger partial charge in [0.25, 0.3) is 0 Å². The highest BCUT2D eigenvalue weighted by molar-refractivity contribution is 5.26. The molecule has 0 amide bonds. The molecule has 3 rings (SSSR count). The van der Waals surface area contributed by atoms with Crippen molar-refractivity contribution in [2.75, 3.05) is 13.1 Å². The quantitative estimate of drug-likeness (QED) is 0.855. The second-order valence-electron chi connectivity index (χ2n) is 5.49. The number of benzene rings is 1. The van der Waals surface area contributed by atoms with Crippen LogP contribution in [0.1, 0.15) is 30.9 Å². The summed E-state index contributed by atoms with van der Waals surface area (Å²) in [5, 5.41) is 0. The molecule has 2 fully saturated rings. The van der Waals surface area contributed by atoms with Crippen molar-refractivity contribution >= 4 is 0 Å². The van der Waals surface area contributed by atoms with Gasteiger partial charge < -0.3 is 5.73 Å². The number of likely N-dealkylation sites (tertiary alicyclic amines) is 1. The van der Waals surface area contributed by atoms with Crippen molar-refractivity contribution in [2.45, 2.75) is 31.3 Å². The van der Waals surface area contributed by atoms with Crippen LogP contribution in [-0.4, -0.2) is 24.0 Å². The van der Waals surface area contributed by atoms with Crippen molar-refractivity contribution in [2.24, 2.45) is 11.7 Å². The minimum absolute atomic E-state index is 0.111. The Kier molecular flexibility index (Phi) is 3.27. The highest BCUT2D eigenvalue weighted by Gasteiger charge is 2.43. The summed E-state index contributed by atoms with van der Waals surface area (Å²) in [4.78, 5) is 2.20. The molecular formula is C14H17F3N2. The third kappa shape index (κ3) is 2.25. The molecule has 2 nitrogen and oxygen atoms in total. The molecule has 1 aromatic rings. The Morgan fingerprint density at radius 3 is 2.37 bits per heavy atom. The van der Waals surface area contributed by atoms with Crippen molar-refractivity contribution in [3.63, 3.8) is 0 Å². The lowest BCUT2D eigenvalue weighted by Gasteiger charge is -2.28. The van der Waals surface area contributed by atoms with Crippen molar-refractivity contribution in [1.82, 2.24) is 4.90 Å². The second kappa shape index (κ2) is 4.80. The Balaban J connectivity index is 1.99. The maximum atomic E-state index is 14.0. The summed E-state index contributed by atoms with van der Waals surface area (Å²) < 4.78 is 40.4. The highest BCUT2D eigenvalue weighted by atomic mass is 19.2. The summed E-state index contributed by atoms with van der Waals surface area (Å²) in [5.41, 5.74) is 5.99. The van der Waals surface area contributed by atoms with Gasteiger partial charge in [-0.05, 0) is 44.3 Å². The Morgan fingerprint density at radius 1 is 1.05 bits per heavy atom. The van der Waals surface area contributed by atoms with Crippen molar-refractivity contribution in [1.29, 1.82) is 0 Å². The SMILES string of the molecule is NCC1CCN(C2CC2)C1c1cc(F)c(F)cc1F. The van der Waals surface area contributed by atoms with Gasteiger partial charge in [-0.2, -0.15) is 0 Å². The molecule has 0 bridgehead atoms. The lowest BCUT2D eigenvalue weighted by atomic mass is 9.93. The van der Waals surface area contributed by atoms with E-state index in [0.717, 1.165) is 31.9 Å². The number of nitrogens with two attached hydrogens (primary N) is 1. The van der Waals surface area contributed by atoms with E-state index in [9.17, 15) is 13.2 Å². The minimum Gasteiger partial charge on any atom is -0.330 e. The largest absolute Gasteiger partial charge is 0.330 e. The topological polar surface area (TPSA) is 29.3 Å². The van der Waals surface area contributed by atoms with Crippen LogP contribution in [0.2, 0.25) is 0 Å². The van der Waals surface area contributed by atoms with Gasteiger partial charge in [-0.15, -0.1) is 0 Å². The van der Waals surface area contributed by atoms with Crippen LogP contribution < -0.4 is 5.73 Å². The van der Waals surface area contributed by atoms with Crippen molar-refractivity contribution < 1.29 is 13.2 Å². The molecule has 1 heterocycles. The first kappa shape index (κ1) is 12.9. The summed E-state index contributed by atoms with van der Waals surface area (Å²) >= 11 is 0. The predicted octanol–water partition coefficient (Wildman–Crippen LogP) is 2.59. The van der Waals surface area contributed by atoms with E-state index < -0.39 is 17.5 Å². The lowest BCUT2D eigenvalue weighted by molar-refractivity contribution is 0.214. The van der Waals surface area contributed by atoms with E-state index in [2.05, 4.69) is 4.90 Å². The molecule has 1 aromatic carbocycles. The van der Waals surface area contributed by atoms with Gasteiger partial charge in [-0.3, -0.25) is 4.90 Å². The number of hydrogen-bond donors (Lipinski definition) is 1. The molecule has 1 aliphatic carbocycles. The molecule has 104 valence electrons. The molecule has 1 aliphatic heterocycles. The van der Waals surface area contributed by atoms with Gasteiger partial charge in [0.2, 0.25) is 0 Å². The maximum absolute atomic E-state index is 14.0. The van der Waals surface area contributed by atoms with E-state index >= 15 is 0 Å². The van der Waals surface area contributed by atoms with Crippen LogP contribution in [-0.2, 0) is 0 Å². The van der Waals surface area contributed by atoms with Gasteiger partial charge in [0.1, 0.15) is 5.82 Å². The molecule has 19 heavy (non-hydrogen) atoms. The Hall–Kier alpha value is -1.07. The van der Waals surface area contributed by atoms with E-state index in [0.29, 0.717) is 18.7 Å². The van der Waals surface area contributed by atoms with Crippen LogP contribution >= 0.6 is 0 Å². The van der Waals surface area contributed by atoms with Gasteiger partial charge >= 0.3 is 0 Å². The highest BCUT2D eigenvalue weighted by Crippen LogP contribution is 2.44. The monoisotopic (exact) mass is 270 g/mol. The average Bonchev–Trinajstić information content (AvgIpc) is 3.14. The van der Waals surface area contributed by atoms with Crippen LogP contribution in [0.5, 0.6) is 0 Å². The third-order valence-corrected chi connectivity index (χ3v) is 4.24. The second-order valence-corrected chi connectivity index (χ2v) is 5.49. The molecular weight excluding hydrogens is 253 g/mol. The van der Waals surface area contributed by atoms with Crippen LogP contribution in [0.25, 0.3) is 0 Å². The zero-order valence-corrected chi connectivity index (χ0v) is 10.6. The number of halogens is 3. The van der Waals surface area contributed by atoms with Gasteiger partial charge in [-0.1, -0.05) is 0 Å². The van der Waals surface area contributed by atoms with Gasteiger partial charge in [0.05, 0.1) is 0 Å². The number of rotatable bonds is 3. The summed E-state index contributed by atoms with van der Waals surface area (Å²) in [6.07, 6.45) is 3.08. The molecule has 0 spiro atoms. The minimum atomic E-state index is -1.14. The maximum Gasteiger partial charge on any atom is 0.161 e. The Morgan fingerprint density at radius 2 is 1.74 bits per heavy atom. The molecule has 2 unspecified atom stereocenters. The van der Waals surface area contributed by atoms with Gasteiger partial charge in [0, 0.05) is 23.7 Å². The summed E-state index contributed by atoms with van der Waals surface area (Å²) in [7, 11) is 0. The van der Waals surface area contributed by atoms with Gasteiger partial charge in [-0.25, -0.2) is 13.2 Å². The number of nitrogens with zero attached hydrogens (tertiary/aromatic N) is 1. The van der Waals surface area contributed by atoms with Crippen LogP contribution in [0.3, 0.4) is 0 Å². The molecule has 1 saturated carbocycles. The molecule has 1 saturated heterocycles. The molecule has 2 N–H and O–H groups in total. The molecule has 2 aliphatic rings. The lowest BCUT2D eigenvalue weighted by Crippen LogP contribution is -2.30. The first-order chi connectivity index (χ1) is 9.11. The van der Waals surface area contributed by atoms with E-state index in [1.165, 1.54) is 0 Å². The number of hydrogen-bond acceptors (Lipinski definition) is 2. The van der Waals surface area contributed by atoms with Crippen LogP contribution in [0.4, 0.5) is 13.2 Å². The normalized spacial score (nSPS) is 28.0. The average molecular weight is 270 g/mol. The first-order valence-electron chi connectivity index (χ1n) is 6.72. The predicted molar refractivity (Wildman–Crippen MR) is 65.9 cm³/mol.